The molecule has 6 heteroatoms. The van der Waals surface area contributed by atoms with Gasteiger partial charge in [-0.2, -0.15) is 5.26 Å². The summed E-state index contributed by atoms with van der Waals surface area (Å²) in [6, 6.07) is 2.01. The van der Waals surface area contributed by atoms with Crippen molar-refractivity contribution in [3.63, 3.8) is 0 Å². The number of amides is 1. The van der Waals surface area contributed by atoms with Gasteiger partial charge in [0.15, 0.2) is 3.95 Å². The van der Waals surface area contributed by atoms with E-state index in [1.807, 2.05) is 13.8 Å². The second-order valence-electron chi connectivity index (χ2n) is 3.96. The molecule has 1 heterocycles. The normalized spacial score (nSPS) is 11.9. The molecule has 0 spiro atoms. The van der Waals surface area contributed by atoms with Gasteiger partial charge in [0, 0.05) is 23.7 Å². The first-order valence-electron chi connectivity index (χ1n) is 5.27. The first-order valence-corrected chi connectivity index (χ1v) is 6.49. The summed E-state index contributed by atoms with van der Waals surface area (Å²) < 4.78 is 0.693. The van der Waals surface area contributed by atoms with Crippen LogP contribution in [0.15, 0.2) is 0 Å². The summed E-state index contributed by atoms with van der Waals surface area (Å²) in [5.74, 6) is 0.0149. The number of likely N-dealkylation sites (N-methyl/N-ethyl adjacent to an activating group) is 1. The van der Waals surface area contributed by atoms with E-state index >= 15 is 0 Å². The zero-order chi connectivity index (χ0) is 13.0. The average Bonchev–Trinajstić information content (AvgIpc) is 2.56. The molecule has 92 valence electrons. The fourth-order valence-corrected chi connectivity index (χ4v) is 2.66. The van der Waals surface area contributed by atoms with E-state index in [1.165, 1.54) is 11.3 Å². The van der Waals surface area contributed by atoms with Gasteiger partial charge in [0.2, 0.25) is 5.91 Å². The molecule has 0 bridgehead atoms. The molecule has 1 aromatic rings. The van der Waals surface area contributed by atoms with Gasteiger partial charge in [-0.05, 0) is 26.1 Å². The van der Waals surface area contributed by atoms with Crippen LogP contribution in [-0.4, -0.2) is 28.9 Å². The van der Waals surface area contributed by atoms with Gasteiger partial charge in [0.1, 0.15) is 0 Å². The van der Waals surface area contributed by atoms with Crippen LogP contribution in [0.3, 0.4) is 0 Å². The second kappa shape index (κ2) is 5.94. The predicted molar refractivity (Wildman–Crippen MR) is 70.4 cm³/mol. The van der Waals surface area contributed by atoms with Crippen LogP contribution >= 0.6 is 23.6 Å². The number of hydrogen-bond donors (Lipinski definition) is 1. The molecule has 0 aromatic carbocycles. The maximum atomic E-state index is 12.0. The van der Waals surface area contributed by atoms with Crippen LogP contribution in [-0.2, 0) is 11.2 Å². The highest BCUT2D eigenvalue weighted by molar-refractivity contribution is 7.73. The summed E-state index contributed by atoms with van der Waals surface area (Å²) in [6.45, 7) is 3.78. The molecular formula is C11H15N3OS2. The molecular weight excluding hydrogens is 254 g/mol. The van der Waals surface area contributed by atoms with Crippen molar-refractivity contribution in [1.82, 2.24) is 9.88 Å². The fourth-order valence-electron chi connectivity index (χ4n) is 1.38. The Kier molecular flexibility index (Phi) is 4.85. The first kappa shape index (κ1) is 13.9. The molecule has 0 aliphatic carbocycles. The summed E-state index contributed by atoms with van der Waals surface area (Å²) in [7, 11) is 1.73. The molecule has 0 aliphatic heterocycles. The van der Waals surface area contributed by atoms with Crippen LogP contribution < -0.4 is 0 Å². The molecule has 1 rings (SSSR count). The molecule has 0 saturated carbocycles. The minimum Gasteiger partial charge on any atom is -0.342 e. The number of hydrogen-bond acceptors (Lipinski definition) is 4. The number of aromatic nitrogens is 1. The lowest BCUT2D eigenvalue weighted by Crippen LogP contribution is -2.35. The Morgan fingerprint density at radius 3 is 2.82 bits per heavy atom. The number of nitrogens with one attached hydrogen (secondary N) is 1. The molecule has 1 amide bonds. The molecule has 0 saturated heterocycles. The molecule has 17 heavy (non-hydrogen) atoms. The van der Waals surface area contributed by atoms with E-state index in [-0.39, 0.29) is 11.9 Å². The zero-order valence-electron chi connectivity index (χ0n) is 10.1. The molecule has 4 nitrogen and oxygen atoms in total. The Balaban J connectivity index is 2.70. The number of nitriles is 1. The predicted octanol–water partition coefficient (Wildman–Crippen LogP) is 2.42. The molecule has 1 atom stereocenters. The zero-order valence-corrected chi connectivity index (χ0v) is 11.7. The van der Waals surface area contributed by atoms with Crippen LogP contribution in [0.5, 0.6) is 0 Å². The smallest absolute Gasteiger partial charge is 0.227 e. The summed E-state index contributed by atoms with van der Waals surface area (Å²) >= 11 is 6.46. The number of aryl methyl sites for hydroxylation is 1. The van der Waals surface area contributed by atoms with Crippen LogP contribution in [0.2, 0.25) is 0 Å². The van der Waals surface area contributed by atoms with Gasteiger partial charge in [-0.25, -0.2) is 0 Å². The fraction of sp³-hybridized carbons (Fsp3) is 0.545. The summed E-state index contributed by atoms with van der Waals surface area (Å²) in [5.41, 5.74) is 0.953. The van der Waals surface area contributed by atoms with Gasteiger partial charge in [-0.1, -0.05) is 0 Å². The van der Waals surface area contributed by atoms with Crippen LogP contribution in [0.1, 0.15) is 23.9 Å². The van der Waals surface area contributed by atoms with Crippen molar-refractivity contribution in [2.75, 3.05) is 7.05 Å². The minimum atomic E-state index is -0.0558. The number of aromatic amines is 1. The van der Waals surface area contributed by atoms with Crippen molar-refractivity contribution in [3.8, 4) is 6.07 Å². The lowest BCUT2D eigenvalue weighted by Gasteiger charge is -2.22. The third-order valence-electron chi connectivity index (χ3n) is 2.68. The monoisotopic (exact) mass is 269 g/mol. The number of H-pyrrole nitrogens is 1. The standard InChI is InChI=1S/C11H15N3OS2/c1-7(4-5-12)14(3)10(15)6-9-8(2)13-11(16)17-9/h7H,4,6H2,1-3H3,(H,13,16)/t7-/m0/s1. The first-order chi connectivity index (χ1) is 7.95. The molecule has 0 fully saturated rings. The van der Waals surface area contributed by atoms with Crippen molar-refractivity contribution in [2.45, 2.75) is 32.7 Å². The van der Waals surface area contributed by atoms with Gasteiger partial charge in [-0.15, -0.1) is 11.3 Å². The van der Waals surface area contributed by atoms with Gasteiger partial charge >= 0.3 is 0 Å². The SMILES string of the molecule is Cc1[nH]c(=S)sc1CC(=O)N(C)[C@@H](C)CC#N. The molecule has 0 unspecified atom stereocenters. The number of carbonyl (C=O) groups is 1. The Morgan fingerprint density at radius 1 is 1.71 bits per heavy atom. The van der Waals surface area contributed by atoms with Crippen LogP contribution in [0.4, 0.5) is 0 Å². The van der Waals surface area contributed by atoms with Crippen molar-refractivity contribution in [2.24, 2.45) is 0 Å². The van der Waals surface area contributed by atoms with Gasteiger partial charge in [0.25, 0.3) is 0 Å². The largest absolute Gasteiger partial charge is 0.342 e. The van der Waals surface area contributed by atoms with Gasteiger partial charge in [-0.3, -0.25) is 4.79 Å². The highest BCUT2D eigenvalue weighted by Gasteiger charge is 2.17. The molecule has 1 aromatic heterocycles. The Bertz CT molecular complexity index is 498. The summed E-state index contributed by atoms with van der Waals surface area (Å²) in [5, 5.41) is 8.60. The summed E-state index contributed by atoms with van der Waals surface area (Å²) in [6.07, 6.45) is 0.694. The second-order valence-corrected chi connectivity index (χ2v) is 5.73. The molecule has 0 aliphatic rings. The maximum Gasteiger partial charge on any atom is 0.227 e. The third kappa shape index (κ3) is 3.65. The van der Waals surface area contributed by atoms with Gasteiger partial charge in [0.05, 0.1) is 18.9 Å². The average molecular weight is 269 g/mol. The Hall–Kier alpha value is -1.19. The number of carbonyl (C=O) groups excluding carboxylic acids is 1. The van der Waals surface area contributed by atoms with Crippen molar-refractivity contribution >= 4 is 29.5 Å². The van der Waals surface area contributed by atoms with E-state index in [2.05, 4.69) is 11.1 Å². The lowest BCUT2D eigenvalue weighted by molar-refractivity contribution is -0.130. The van der Waals surface area contributed by atoms with Crippen LogP contribution in [0, 0.1) is 22.2 Å². The van der Waals surface area contributed by atoms with E-state index < -0.39 is 0 Å². The highest BCUT2D eigenvalue weighted by atomic mass is 32.1. The van der Waals surface area contributed by atoms with Crippen molar-refractivity contribution in [1.29, 1.82) is 5.26 Å². The van der Waals surface area contributed by atoms with E-state index in [4.69, 9.17) is 17.5 Å². The van der Waals surface area contributed by atoms with Crippen molar-refractivity contribution in [3.05, 3.63) is 14.5 Å². The number of rotatable bonds is 4. The number of thiazole rings is 1. The topological polar surface area (TPSA) is 59.9 Å². The van der Waals surface area contributed by atoms with Crippen LogP contribution in [0.25, 0.3) is 0 Å². The van der Waals surface area contributed by atoms with Crippen molar-refractivity contribution < 1.29 is 4.79 Å². The maximum absolute atomic E-state index is 12.0. The quantitative estimate of drug-likeness (QED) is 0.854. The van der Waals surface area contributed by atoms with E-state index in [1.54, 1.807) is 11.9 Å². The van der Waals surface area contributed by atoms with Gasteiger partial charge < -0.3 is 9.88 Å². The lowest BCUT2D eigenvalue weighted by atomic mass is 10.2. The Morgan fingerprint density at radius 2 is 2.35 bits per heavy atom. The third-order valence-corrected chi connectivity index (χ3v) is 4.01. The molecule has 1 N–H and O–H groups in total. The summed E-state index contributed by atoms with van der Waals surface area (Å²) in [4.78, 5) is 17.6. The minimum absolute atomic E-state index is 0.0149. The molecule has 0 radical (unpaired) electrons. The Labute approximate surface area is 110 Å². The van der Waals surface area contributed by atoms with E-state index in [0.29, 0.717) is 16.8 Å². The number of nitrogens with zero attached hydrogens (tertiary/aromatic N) is 2. The van der Waals surface area contributed by atoms with E-state index in [9.17, 15) is 4.79 Å². The highest BCUT2D eigenvalue weighted by Crippen LogP contribution is 2.16. The van der Waals surface area contributed by atoms with E-state index in [0.717, 1.165) is 10.6 Å².